The van der Waals surface area contributed by atoms with Crippen molar-refractivity contribution in [2.45, 2.75) is 43.9 Å². The molecule has 0 saturated heterocycles. The van der Waals surface area contributed by atoms with Gasteiger partial charge in [-0.25, -0.2) is 0 Å². The van der Waals surface area contributed by atoms with Crippen LogP contribution in [0.15, 0.2) is 82.2 Å². The molecule has 0 aliphatic carbocycles. The average Bonchev–Trinajstić information content (AvgIpc) is 2.81. The number of halogens is 4. The lowest BCUT2D eigenvalue weighted by atomic mass is 10.1. The van der Waals surface area contributed by atoms with Crippen LogP contribution < -0.4 is 4.18 Å². The minimum Gasteiger partial charge on any atom is -0.379 e. The minimum atomic E-state index is -4.69. The molecule has 0 aromatic heterocycles. The molecule has 186 valence electrons. The van der Waals surface area contributed by atoms with Crippen LogP contribution >= 0.6 is 15.9 Å². The fraction of sp³-hybridized carbons (Fsp3) is 0.240. The summed E-state index contributed by atoms with van der Waals surface area (Å²) < 4.78 is 70.2. The summed E-state index contributed by atoms with van der Waals surface area (Å²) in [5, 5.41) is 0. The SMILES string of the molecule is CCC(C)N(Cc1cccc(OS(=O)(=O)c2cccc(C(F)(F)F)c2)c1)C(=O)c1ccc(Br)cc1. The van der Waals surface area contributed by atoms with Crippen molar-refractivity contribution in [3.8, 4) is 5.75 Å². The second-order valence-electron chi connectivity index (χ2n) is 7.91. The quantitative estimate of drug-likeness (QED) is 0.284. The first-order valence-electron chi connectivity index (χ1n) is 10.7. The number of benzene rings is 3. The average molecular weight is 570 g/mol. The normalized spacial score (nSPS) is 12.7. The summed E-state index contributed by atoms with van der Waals surface area (Å²) >= 11 is 3.35. The lowest BCUT2D eigenvalue weighted by Crippen LogP contribution is -2.37. The van der Waals surface area contributed by atoms with Crippen LogP contribution in [0.25, 0.3) is 0 Å². The molecule has 0 saturated carbocycles. The van der Waals surface area contributed by atoms with E-state index in [9.17, 15) is 26.4 Å². The first kappa shape index (κ1) is 26.7. The van der Waals surface area contributed by atoms with Crippen LogP contribution in [0.5, 0.6) is 5.75 Å². The van der Waals surface area contributed by atoms with Gasteiger partial charge in [-0.3, -0.25) is 4.79 Å². The van der Waals surface area contributed by atoms with Gasteiger partial charge in [0, 0.05) is 22.6 Å². The van der Waals surface area contributed by atoms with Crippen LogP contribution in [0, 0.1) is 0 Å². The van der Waals surface area contributed by atoms with Crippen molar-refractivity contribution in [1.82, 2.24) is 4.90 Å². The molecule has 0 bridgehead atoms. The van der Waals surface area contributed by atoms with Crippen molar-refractivity contribution in [2.24, 2.45) is 0 Å². The van der Waals surface area contributed by atoms with Crippen molar-refractivity contribution in [3.05, 3.63) is 94.0 Å². The van der Waals surface area contributed by atoms with Gasteiger partial charge in [0.1, 0.15) is 10.6 Å². The molecule has 1 amide bonds. The molecule has 3 rings (SSSR count). The van der Waals surface area contributed by atoms with Gasteiger partial charge < -0.3 is 9.08 Å². The van der Waals surface area contributed by atoms with Crippen molar-refractivity contribution in [1.29, 1.82) is 0 Å². The Balaban J connectivity index is 1.84. The summed E-state index contributed by atoms with van der Waals surface area (Å²) in [6, 6.07) is 16.3. The largest absolute Gasteiger partial charge is 0.416 e. The Morgan fingerprint density at radius 2 is 1.69 bits per heavy atom. The zero-order chi connectivity index (χ0) is 25.8. The second-order valence-corrected chi connectivity index (χ2v) is 10.4. The molecule has 0 heterocycles. The number of amides is 1. The van der Waals surface area contributed by atoms with Gasteiger partial charge in [-0.2, -0.15) is 21.6 Å². The van der Waals surface area contributed by atoms with Gasteiger partial charge in [0.2, 0.25) is 0 Å². The van der Waals surface area contributed by atoms with E-state index < -0.39 is 26.8 Å². The lowest BCUT2D eigenvalue weighted by Gasteiger charge is -2.29. The molecule has 0 aliphatic rings. The minimum absolute atomic E-state index is 0.0693. The Morgan fingerprint density at radius 3 is 2.31 bits per heavy atom. The van der Waals surface area contributed by atoms with E-state index in [1.807, 2.05) is 13.8 Å². The number of rotatable bonds is 8. The monoisotopic (exact) mass is 569 g/mol. The smallest absolute Gasteiger partial charge is 0.379 e. The number of hydrogen-bond donors (Lipinski definition) is 0. The van der Waals surface area contributed by atoms with E-state index in [0.717, 1.165) is 22.7 Å². The van der Waals surface area contributed by atoms with Gasteiger partial charge in [-0.05, 0) is 73.5 Å². The molecule has 0 N–H and O–H groups in total. The standard InChI is InChI=1S/C25H23BrF3NO4S/c1-3-17(2)30(24(31)19-10-12-21(26)13-11-19)16-18-6-4-8-22(14-18)34-35(32,33)23-9-5-7-20(15-23)25(27,28)29/h4-15,17H,3,16H2,1-2H3. The molecular weight excluding hydrogens is 547 g/mol. The number of carbonyl (C=O) groups is 1. The van der Waals surface area contributed by atoms with Crippen LogP contribution in [0.2, 0.25) is 0 Å². The molecule has 0 aliphatic heterocycles. The number of carbonyl (C=O) groups excluding carboxylic acids is 1. The highest BCUT2D eigenvalue weighted by Gasteiger charge is 2.32. The number of nitrogens with zero attached hydrogens (tertiary/aromatic N) is 1. The molecule has 35 heavy (non-hydrogen) atoms. The summed E-state index contributed by atoms with van der Waals surface area (Å²) in [5.41, 5.74) is 0.0205. The molecule has 3 aromatic rings. The van der Waals surface area contributed by atoms with E-state index in [0.29, 0.717) is 23.6 Å². The van der Waals surface area contributed by atoms with Gasteiger partial charge in [-0.1, -0.05) is 41.1 Å². The lowest BCUT2D eigenvalue weighted by molar-refractivity contribution is -0.137. The number of alkyl halides is 3. The Morgan fingerprint density at radius 1 is 1.03 bits per heavy atom. The highest BCUT2D eigenvalue weighted by Crippen LogP contribution is 2.31. The maximum Gasteiger partial charge on any atom is 0.416 e. The molecule has 5 nitrogen and oxygen atoms in total. The first-order valence-corrected chi connectivity index (χ1v) is 12.9. The zero-order valence-corrected chi connectivity index (χ0v) is 21.3. The summed E-state index contributed by atoms with van der Waals surface area (Å²) in [6.07, 6.45) is -3.99. The fourth-order valence-electron chi connectivity index (χ4n) is 3.30. The maximum atomic E-state index is 13.2. The van der Waals surface area contributed by atoms with Crippen molar-refractivity contribution in [2.75, 3.05) is 0 Å². The second kappa shape index (κ2) is 10.8. The summed E-state index contributed by atoms with van der Waals surface area (Å²) in [5.74, 6) is -0.255. The summed E-state index contributed by atoms with van der Waals surface area (Å²) in [6.45, 7) is 4.05. The number of hydrogen-bond acceptors (Lipinski definition) is 4. The summed E-state index contributed by atoms with van der Waals surface area (Å²) in [7, 11) is -4.51. The van der Waals surface area contributed by atoms with E-state index in [-0.39, 0.29) is 24.2 Å². The third-order valence-electron chi connectivity index (χ3n) is 5.38. The highest BCUT2D eigenvalue weighted by atomic mass is 79.9. The van der Waals surface area contributed by atoms with Gasteiger partial charge in [-0.15, -0.1) is 0 Å². The Labute approximate surface area is 210 Å². The topological polar surface area (TPSA) is 63.7 Å². The Bertz CT molecular complexity index is 1290. The van der Waals surface area contributed by atoms with Crippen LogP contribution in [-0.4, -0.2) is 25.3 Å². The van der Waals surface area contributed by atoms with Gasteiger partial charge in [0.25, 0.3) is 5.91 Å². The molecule has 3 aromatic carbocycles. The summed E-state index contributed by atoms with van der Waals surface area (Å²) in [4.78, 5) is 14.2. The first-order chi connectivity index (χ1) is 16.4. The molecule has 10 heteroatoms. The van der Waals surface area contributed by atoms with E-state index in [1.54, 1.807) is 41.3 Å². The zero-order valence-electron chi connectivity index (χ0n) is 18.9. The Hall–Kier alpha value is -2.85. The fourth-order valence-corrected chi connectivity index (χ4v) is 4.54. The van der Waals surface area contributed by atoms with Crippen LogP contribution in [0.1, 0.15) is 41.8 Å². The van der Waals surface area contributed by atoms with Crippen LogP contribution in [0.4, 0.5) is 13.2 Å². The molecule has 0 fully saturated rings. The van der Waals surface area contributed by atoms with Crippen LogP contribution in [-0.2, 0) is 22.8 Å². The van der Waals surface area contributed by atoms with Crippen LogP contribution in [0.3, 0.4) is 0 Å². The van der Waals surface area contributed by atoms with E-state index in [2.05, 4.69) is 15.9 Å². The molecular formula is C25H23BrF3NO4S. The van der Waals surface area contributed by atoms with Crippen molar-refractivity contribution >= 4 is 32.0 Å². The van der Waals surface area contributed by atoms with Gasteiger partial charge >= 0.3 is 16.3 Å². The molecule has 1 atom stereocenters. The maximum absolute atomic E-state index is 13.2. The van der Waals surface area contributed by atoms with Crippen molar-refractivity contribution < 1.29 is 30.6 Å². The van der Waals surface area contributed by atoms with Crippen molar-refractivity contribution in [3.63, 3.8) is 0 Å². The van der Waals surface area contributed by atoms with Gasteiger partial charge in [0.15, 0.2) is 0 Å². The van der Waals surface area contributed by atoms with E-state index >= 15 is 0 Å². The molecule has 1 unspecified atom stereocenters. The predicted molar refractivity (Wildman–Crippen MR) is 129 cm³/mol. The van der Waals surface area contributed by atoms with E-state index in [4.69, 9.17) is 4.18 Å². The third-order valence-corrected chi connectivity index (χ3v) is 7.15. The molecule has 0 spiro atoms. The molecule has 0 radical (unpaired) electrons. The van der Waals surface area contributed by atoms with E-state index in [1.165, 1.54) is 12.1 Å². The third kappa shape index (κ3) is 6.85. The van der Waals surface area contributed by atoms with Gasteiger partial charge in [0.05, 0.1) is 5.56 Å². The predicted octanol–water partition coefficient (Wildman–Crippen LogP) is 6.68. The highest BCUT2D eigenvalue weighted by molar-refractivity contribution is 9.10. The Kier molecular flexibility index (Phi) is 8.27.